The van der Waals surface area contributed by atoms with E-state index in [0.717, 1.165) is 75.5 Å². The van der Waals surface area contributed by atoms with Crippen LogP contribution in [0, 0.1) is 11.8 Å². The van der Waals surface area contributed by atoms with E-state index in [-0.39, 0.29) is 35.7 Å². The molecule has 2 atom stereocenters. The van der Waals surface area contributed by atoms with Gasteiger partial charge in [-0.1, -0.05) is 50.3 Å². The lowest BCUT2D eigenvalue weighted by Gasteiger charge is -2.41. The van der Waals surface area contributed by atoms with Gasteiger partial charge in [-0.2, -0.15) is 0 Å². The van der Waals surface area contributed by atoms with Crippen LogP contribution in [0.1, 0.15) is 76.2 Å². The summed E-state index contributed by atoms with van der Waals surface area (Å²) in [7, 11) is 0. The third-order valence-electron chi connectivity index (χ3n) is 6.98. The molecule has 3 aliphatic carbocycles. The first kappa shape index (κ1) is 20.4. The minimum atomic E-state index is 0.0458. The zero-order valence-electron chi connectivity index (χ0n) is 17.4. The zero-order chi connectivity index (χ0) is 20.2. The minimum Gasteiger partial charge on any atom is -0.334 e. The van der Waals surface area contributed by atoms with Crippen molar-refractivity contribution in [2.75, 3.05) is 5.32 Å². The number of benzene rings is 1. The maximum atomic E-state index is 13.6. The Morgan fingerprint density at radius 2 is 1.59 bits per heavy atom. The summed E-state index contributed by atoms with van der Waals surface area (Å²) in [5.41, 5.74) is 8.36. The average molecular weight is 398 g/mol. The van der Waals surface area contributed by atoms with E-state index in [9.17, 15) is 9.59 Å². The standard InChI is InChI=1S/C24H35N3O2/c25-20-11-5-7-13-22(20)27(24(29)18-8-2-1-3-9-18)16-19-10-4-6-12-21(19)26-23(28)17-14-15-17/h4,6,10,12,17-18,20,22H,1-3,5,7-9,11,13-16,25H2,(H,26,28). The molecule has 0 radical (unpaired) electrons. The van der Waals surface area contributed by atoms with Crippen LogP contribution in [0.15, 0.2) is 24.3 Å². The van der Waals surface area contributed by atoms with E-state index in [1.807, 2.05) is 24.3 Å². The maximum absolute atomic E-state index is 13.6. The molecular weight excluding hydrogens is 362 g/mol. The first-order valence-electron chi connectivity index (χ1n) is 11.6. The number of nitrogens with zero attached hydrogens (tertiary/aromatic N) is 1. The Bertz CT molecular complexity index is 725. The number of carbonyl (C=O) groups is 2. The van der Waals surface area contributed by atoms with Crippen molar-refractivity contribution in [1.82, 2.24) is 4.90 Å². The van der Waals surface area contributed by atoms with E-state index >= 15 is 0 Å². The fourth-order valence-corrected chi connectivity index (χ4v) is 5.01. The van der Waals surface area contributed by atoms with Crippen molar-refractivity contribution in [1.29, 1.82) is 0 Å². The summed E-state index contributed by atoms with van der Waals surface area (Å²) in [6, 6.07) is 8.09. The van der Waals surface area contributed by atoms with Gasteiger partial charge in [-0.3, -0.25) is 9.59 Å². The lowest BCUT2D eigenvalue weighted by atomic mass is 9.85. The molecule has 2 unspecified atom stereocenters. The summed E-state index contributed by atoms with van der Waals surface area (Å²) in [6.45, 7) is 0.537. The molecule has 3 aliphatic rings. The number of rotatable bonds is 6. The second-order valence-corrected chi connectivity index (χ2v) is 9.24. The third kappa shape index (κ3) is 5.00. The second-order valence-electron chi connectivity index (χ2n) is 9.24. The van der Waals surface area contributed by atoms with Gasteiger partial charge in [0.05, 0.1) is 0 Å². The SMILES string of the molecule is NC1CCCCC1N(Cc1ccccc1NC(=O)C1CC1)C(=O)C1CCCCC1. The van der Waals surface area contributed by atoms with Gasteiger partial charge in [0.25, 0.3) is 0 Å². The summed E-state index contributed by atoms with van der Waals surface area (Å²) >= 11 is 0. The van der Waals surface area contributed by atoms with Crippen molar-refractivity contribution in [2.24, 2.45) is 17.6 Å². The van der Waals surface area contributed by atoms with Gasteiger partial charge in [0.1, 0.15) is 0 Å². The molecule has 3 N–H and O–H groups in total. The summed E-state index contributed by atoms with van der Waals surface area (Å²) in [5, 5.41) is 3.10. The normalized spacial score (nSPS) is 25.4. The highest BCUT2D eigenvalue weighted by molar-refractivity contribution is 5.94. The number of hydrogen-bond donors (Lipinski definition) is 2. The largest absolute Gasteiger partial charge is 0.334 e. The van der Waals surface area contributed by atoms with Gasteiger partial charge in [-0.15, -0.1) is 0 Å². The molecule has 0 heterocycles. The van der Waals surface area contributed by atoms with Crippen LogP contribution in [-0.4, -0.2) is 28.8 Å². The molecular formula is C24H35N3O2. The van der Waals surface area contributed by atoms with Crippen LogP contribution in [0.3, 0.4) is 0 Å². The molecule has 158 valence electrons. The molecule has 0 spiro atoms. The van der Waals surface area contributed by atoms with E-state index in [1.165, 1.54) is 6.42 Å². The molecule has 1 aromatic carbocycles. The van der Waals surface area contributed by atoms with E-state index in [2.05, 4.69) is 10.2 Å². The van der Waals surface area contributed by atoms with Crippen LogP contribution < -0.4 is 11.1 Å². The van der Waals surface area contributed by atoms with Crippen LogP contribution in [0.4, 0.5) is 5.69 Å². The lowest BCUT2D eigenvalue weighted by molar-refractivity contribution is -0.141. The monoisotopic (exact) mass is 397 g/mol. The predicted molar refractivity (Wildman–Crippen MR) is 115 cm³/mol. The molecule has 4 rings (SSSR count). The number of carbonyl (C=O) groups excluding carboxylic acids is 2. The summed E-state index contributed by atoms with van der Waals surface area (Å²) in [5.74, 6) is 0.674. The summed E-state index contributed by atoms with van der Waals surface area (Å²) in [4.78, 5) is 28.0. The summed E-state index contributed by atoms with van der Waals surface area (Å²) in [6.07, 6.45) is 11.7. The molecule has 5 nitrogen and oxygen atoms in total. The lowest BCUT2D eigenvalue weighted by Crippen LogP contribution is -2.53. The Morgan fingerprint density at radius 1 is 0.897 bits per heavy atom. The summed E-state index contributed by atoms with van der Waals surface area (Å²) < 4.78 is 0. The molecule has 3 saturated carbocycles. The number of hydrogen-bond acceptors (Lipinski definition) is 3. The van der Waals surface area contributed by atoms with E-state index < -0.39 is 0 Å². The first-order chi connectivity index (χ1) is 14.1. The number of nitrogens with one attached hydrogen (secondary N) is 1. The molecule has 2 amide bonds. The Kier molecular flexibility index (Phi) is 6.53. The van der Waals surface area contributed by atoms with Gasteiger partial charge in [-0.25, -0.2) is 0 Å². The van der Waals surface area contributed by atoms with Crippen LogP contribution >= 0.6 is 0 Å². The second kappa shape index (κ2) is 9.29. The van der Waals surface area contributed by atoms with Gasteiger partial charge in [0.2, 0.25) is 11.8 Å². The topological polar surface area (TPSA) is 75.4 Å². The molecule has 3 fully saturated rings. The van der Waals surface area contributed by atoms with Crippen molar-refractivity contribution in [3.05, 3.63) is 29.8 Å². The average Bonchev–Trinajstić information content (AvgIpc) is 3.59. The quantitative estimate of drug-likeness (QED) is 0.755. The number of amides is 2. The molecule has 0 saturated heterocycles. The Morgan fingerprint density at radius 3 is 2.31 bits per heavy atom. The molecule has 29 heavy (non-hydrogen) atoms. The van der Waals surface area contributed by atoms with Gasteiger partial charge < -0.3 is 16.0 Å². The van der Waals surface area contributed by atoms with Gasteiger partial charge in [0, 0.05) is 36.2 Å². The smallest absolute Gasteiger partial charge is 0.227 e. The Hall–Kier alpha value is -1.88. The number of nitrogens with two attached hydrogens (primary N) is 1. The first-order valence-corrected chi connectivity index (χ1v) is 11.6. The fourth-order valence-electron chi connectivity index (χ4n) is 5.01. The van der Waals surface area contributed by atoms with Gasteiger partial charge in [0.15, 0.2) is 0 Å². The van der Waals surface area contributed by atoms with Crippen molar-refractivity contribution in [3.8, 4) is 0 Å². The molecule has 1 aromatic rings. The van der Waals surface area contributed by atoms with Crippen LogP contribution in [0.25, 0.3) is 0 Å². The van der Waals surface area contributed by atoms with Crippen molar-refractivity contribution in [2.45, 2.75) is 89.3 Å². The van der Waals surface area contributed by atoms with Crippen molar-refractivity contribution in [3.63, 3.8) is 0 Å². The predicted octanol–water partition coefficient (Wildman–Crippen LogP) is 4.21. The number of para-hydroxylation sites is 1. The van der Waals surface area contributed by atoms with Gasteiger partial charge >= 0.3 is 0 Å². The highest BCUT2D eigenvalue weighted by Gasteiger charge is 2.35. The molecule has 0 aliphatic heterocycles. The van der Waals surface area contributed by atoms with E-state index in [1.54, 1.807) is 0 Å². The van der Waals surface area contributed by atoms with Crippen molar-refractivity contribution < 1.29 is 9.59 Å². The fraction of sp³-hybridized carbons (Fsp3) is 0.667. The minimum absolute atomic E-state index is 0.0458. The van der Waals surface area contributed by atoms with E-state index in [4.69, 9.17) is 5.73 Å². The molecule has 0 bridgehead atoms. The van der Waals surface area contributed by atoms with Crippen molar-refractivity contribution >= 4 is 17.5 Å². The van der Waals surface area contributed by atoms with Crippen LogP contribution in [0.5, 0.6) is 0 Å². The van der Waals surface area contributed by atoms with Crippen LogP contribution in [-0.2, 0) is 16.1 Å². The Labute approximate surface area is 174 Å². The highest BCUT2D eigenvalue weighted by atomic mass is 16.2. The maximum Gasteiger partial charge on any atom is 0.227 e. The molecule has 5 heteroatoms. The highest BCUT2D eigenvalue weighted by Crippen LogP contribution is 2.33. The Balaban J connectivity index is 1.56. The molecule has 0 aromatic heterocycles. The third-order valence-corrected chi connectivity index (χ3v) is 6.98. The zero-order valence-corrected chi connectivity index (χ0v) is 17.4. The van der Waals surface area contributed by atoms with Gasteiger partial charge in [-0.05, 0) is 50.2 Å². The van der Waals surface area contributed by atoms with Crippen LogP contribution in [0.2, 0.25) is 0 Å². The number of anilines is 1. The van der Waals surface area contributed by atoms with E-state index in [0.29, 0.717) is 6.54 Å².